The molecule has 1 saturated heterocycles. The number of aryl methyl sites for hydroxylation is 1. The van der Waals surface area contributed by atoms with Crippen molar-refractivity contribution in [1.82, 2.24) is 9.55 Å². The van der Waals surface area contributed by atoms with Gasteiger partial charge in [-0.1, -0.05) is 0 Å². The number of benzene rings is 1. The van der Waals surface area contributed by atoms with Gasteiger partial charge in [0, 0.05) is 19.2 Å². The minimum atomic E-state index is -0.282. The molecule has 1 aliphatic rings. The van der Waals surface area contributed by atoms with Crippen molar-refractivity contribution >= 4 is 39.2 Å². The maximum Gasteiger partial charge on any atom is 0.178 e. The van der Waals surface area contributed by atoms with Gasteiger partial charge >= 0.3 is 0 Å². The van der Waals surface area contributed by atoms with Crippen LogP contribution in [0.2, 0.25) is 0 Å². The molecule has 6 heteroatoms. The van der Waals surface area contributed by atoms with Crippen LogP contribution in [0.3, 0.4) is 0 Å². The molecule has 1 aromatic carbocycles. The number of fused-ring (bicyclic) bond motifs is 1. The van der Waals surface area contributed by atoms with Gasteiger partial charge in [-0.15, -0.1) is 0 Å². The number of hydrogen-bond donors (Lipinski definition) is 1. The van der Waals surface area contributed by atoms with E-state index in [1.807, 2.05) is 4.57 Å². The van der Waals surface area contributed by atoms with Crippen molar-refractivity contribution < 1.29 is 9.13 Å². The first-order chi connectivity index (χ1) is 9.15. The molecule has 1 atom stereocenters. The van der Waals surface area contributed by atoms with Gasteiger partial charge in [-0.3, -0.25) is 0 Å². The molecule has 3 rings (SSSR count). The molecule has 0 amide bonds. The largest absolute Gasteiger partial charge is 0.378 e. The fourth-order valence-electron chi connectivity index (χ4n) is 2.52. The summed E-state index contributed by atoms with van der Waals surface area (Å²) in [5, 5.41) is 0. The minimum absolute atomic E-state index is 0.282. The Hall–Kier alpha value is -0.720. The Balaban J connectivity index is 1.91. The first kappa shape index (κ1) is 13.3. The van der Waals surface area contributed by atoms with Crippen LogP contribution in [-0.4, -0.2) is 22.3 Å². The van der Waals surface area contributed by atoms with Gasteiger partial charge in [0.25, 0.3) is 0 Å². The average Bonchev–Trinajstić information content (AvgIpc) is 2.96. The zero-order valence-corrected chi connectivity index (χ0v) is 12.7. The lowest BCUT2D eigenvalue weighted by Crippen LogP contribution is -2.10. The van der Waals surface area contributed by atoms with E-state index >= 15 is 0 Å². The number of rotatable bonds is 3. The Labute approximate surface area is 123 Å². The third-order valence-corrected chi connectivity index (χ3v) is 4.44. The second-order valence-electron chi connectivity index (χ2n) is 4.79. The highest BCUT2D eigenvalue weighted by Gasteiger charge is 2.16. The number of imidazole rings is 1. The highest BCUT2D eigenvalue weighted by atomic mass is 79.9. The van der Waals surface area contributed by atoms with Crippen molar-refractivity contribution in [2.24, 2.45) is 0 Å². The molecule has 0 aliphatic carbocycles. The first-order valence-electron chi connectivity index (χ1n) is 6.34. The zero-order chi connectivity index (χ0) is 13.4. The van der Waals surface area contributed by atoms with Crippen LogP contribution in [0.25, 0.3) is 11.0 Å². The highest BCUT2D eigenvalue weighted by Crippen LogP contribution is 2.24. The van der Waals surface area contributed by atoms with E-state index in [-0.39, 0.29) is 5.82 Å². The maximum atomic E-state index is 13.5. The van der Waals surface area contributed by atoms with E-state index in [1.54, 1.807) is 6.07 Å². The summed E-state index contributed by atoms with van der Waals surface area (Å²) in [5.74, 6) is -0.282. The maximum absolute atomic E-state index is 13.5. The topological polar surface area (TPSA) is 29.9 Å². The van der Waals surface area contributed by atoms with Crippen LogP contribution in [0.5, 0.6) is 0 Å². The van der Waals surface area contributed by atoms with Gasteiger partial charge in [0.15, 0.2) is 4.77 Å². The summed E-state index contributed by atoms with van der Waals surface area (Å²) in [6.07, 6.45) is 3.53. The molecule has 0 spiro atoms. The van der Waals surface area contributed by atoms with Gasteiger partial charge in [-0.2, -0.15) is 0 Å². The van der Waals surface area contributed by atoms with Gasteiger partial charge in [-0.25, -0.2) is 4.39 Å². The molecule has 1 aliphatic heterocycles. The fourth-order valence-corrected chi connectivity index (χ4v) is 3.15. The lowest BCUT2D eigenvalue weighted by atomic mass is 10.2. The lowest BCUT2D eigenvalue weighted by Gasteiger charge is -2.10. The molecule has 1 fully saturated rings. The average molecular weight is 345 g/mol. The SMILES string of the molecule is Fc1cc2[nH]c(=S)n(CCC3CCCO3)c2cc1Br. The molecule has 19 heavy (non-hydrogen) atoms. The van der Waals surface area contributed by atoms with Crippen LogP contribution in [-0.2, 0) is 11.3 Å². The van der Waals surface area contributed by atoms with Crippen molar-refractivity contribution in [3.8, 4) is 0 Å². The van der Waals surface area contributed by atoms with E-state index in [9.17, 15) is 4.39 Å². The van der Waals surface area contributed by atoms with Gasteiger partial charge < -0.3 is 14.3 Å². The predicted octanol–water partition coefficient (Wildman–Crippen LogP) is 4.17. The van der Waals surface area contributed by atoms with Gasteiger partial charge in [0.2, 0.25) is 0 Å². The van der Waals surface area contributed by atoms with Crippen LogP contribution in [0.15, 0.2) is 16.6 Å². The van der Waals surface area contributed by atoms with Crippen molar-refractivity contribution in [3.63, 3.8) is 0 Å². The summed E-state index contributed by atoms with van der Waals surface area (Å²) in [6.45, 7) is 1.66. The van der Waals surface area contributed by atoms with Crippen molar-refractivity contribution in [1.29, 1.82) is 0 Å². The van der Waals surface area contributed by atoms with E-state index in [2.05, 4.69) is 20.9 Å². The van der Waals surface area contributed by atoms with Crippen LogP contribution in [0.4, 0.5) is 4.39 Å². The third kappa shape index (κ3) is 2.61. The molecule has 0 bridgehead atoms. The molecule has 1 aromatic heterocycles. The van der Waals surface area contributed by atoms with E-state index in [1.165, 1.54) is 6.07 Å². The Morgan fingerprint density at radius 3 is 3.11 bits per heavy atom. The standard InChI is InChI=1S/C13H14BrFN2OS/c14-9-6-12-11(7-10(9)15)16-13(19)17(12)4-3-8-2-1-5-18-8/h6-8H,1-5H2,(H,16,19). The second-order valence-corrected chi connectivity index (χ2v) is 6.03. The van der Waals surface area contributed by atoms with Gasteiger partial charge in [0.1, 0.15) is 5.82 Å². The van der Waals surface area contributed by atoms with E-state index in [4.69, 9.17) is 17.0 Å². The van der Waals surface area contributed by atoms with Crippen molar-refractivity contribution in [3.05, 3.63) is 27.2 Å². The summed E-state index contributed by atoms with van der Waals surface area (Å²) < 4.78 is 22.2. The van der Waals surface area contributed by atoms with E-state index < -0.39 is 0 Å². The second kappa shape index (κ2) is 5.34. The zero-order valence-electron chi connectivity index (χ0n) is 10.3. The number of nitrogens with zero attached hydrogens (tertiary/aromatic N) is 1. The van der Waals surface area contributed by atoms with Crippen LogP contribution in [0, 0.1) is 10.6 Å². The summed E-state index contributed by atoms with van der Waals surface area (Å²) >= 11 is 8.52. The van der Waals surface area contributed by atoms with Crippen LogP contribution >= 0.6 is 28.1 Å². The number of aromatic nitrogens is 2. The Morgan fingerprint density at radius 1 is 1.53 bits per heavy atom. The molecule has 0 radical (unpaired) electrons. The summed E-state index contributed by atoms with van der Waals surface area (Å²) in [6, 6.07) is 3.24. The van der Waals surface area contributed by atoms with E-state index in [0.717, 1.165) is 43.4 Å². The molecule has 3 nitrogen and oxygen atoms in total. The molecule has 102 valence electrons. The number of ether oxygens (including phenoxy) is 1. The summed E-state index contributed by atoms with van der Waals surface area (Å²) in [5.41, 5.74) is 1.66. The van der Waals surface area contributed by atoms with Crippen molar-refractivity contribution in [2.45, 2.75) is 31.9 Å². The Bertz CT molecular complexity index is 660. The normalized spacial score (nSPS) is 19.4. The number of aromatic amines is 1. The quantitative estimate of drug-likeness (QED) is 0.847. The van der Waals surface area contributed by atoms with Gasteiger partial charge in [0.05, 0.1) is 21.6 Å². The fraction of sp³-hybridized carbons (Fsp3) is 0.462. The number of nitrogens with one attached hydrogen (secondary N) is 1. The highest BCUT2D eigenvalue weighted by molar-refractivity contribution is 9.10. The monoisotopic (exact) mass is 344 g/mol. The molecule has 1 unspecified atom stereocenters. The number of H-pyrrole nitrogens is 1. The summed E-state index contributed by atoms with van der Waals surface area (Å²) in [4.78, 5) is 3.05. The van der Waals surface area contributed by atoms with Crippen LogP contribution in [0.1, 0.15) is 19.3 Å². The Kier molecular flexibility index (Phi) is 3.73. The number of halogens is 2. The summed E-state index contributed by atoms with van der Waals surface area (Å²) in [7, 11) is 0. The molecular weight excluding hydrogens is 331 g/mol. The smallest absolute Gasteiger partial charge is 0.178 e. The molecule has 1 N–H and O–H groups in total. The number of hydrogen-bond acceptors (Lipinski definition) is 2. The lowest BCUT2D eigenvalue weighted by molar-refractivity contribution is 0.101. The van der Waals surface area contributed by atoms with Gasteiger partial charge in [-0.05, 0) is 53.5 Å². The third-order valence-electron chi connectivity index (χ3n) is 3.51. The van der Waals surface area contributed by atoms with E-state index in [0.29, 0.717) is 15.3 Å². The van der Waals surface area contributed by atoms with Crippen LogP contribution < -0.4 is 0 Å². The minimum Gasteiger partial charge on any atom is -0.378 e. The molecule has 2 aromatic rings. The molecular formula is C13H14BrFN2OS. The first-order valence-corrected chi connectivity index (χ1v) is 7.54. The Morgan fingerprint density at radius 2 is 2.37 bits per heavy atom. The molecule has 2 heterocycles. The predicted molar refractivity (Wildman–Crippen MR) is 78.4 cm³/mol. The molecule has 0 saturated carbocycles. The van der Waals surface area contributed by atoms with Crippen molar-refractivity contribution in [2.75, 3.05) is 6.61 Å².